The van der Waals surface area contributed by atoms with Gasteiger partial charge in [-0.25, -0.2) is 4.98 Å². The van der Waals surface area contributed by atoms with Crippen molar-refractivity contribution in [3.05, 3.63) is 35.9 Å². The quantitative estimate of drug-likeness (QED) is 0.827. The molecule has 0 unspecified atom stereocenters. The van der Waals surface area contributed by atoms with Gasteiger partial charge in [-0.05, 0) is 55.6 Å². The molecule has 130 valence electrons. The summed E-state index contributed by atoms with van der Waals surface area (Å²) in [5.41, 5.74) is 2.55. The standard InChI is InChI=1S/C20H27N3.ClH/c1-2-5-16-7-9-19-17(14-16)8-10-20(21-19)23-13-12-22-11-4-3-6-18(22)15-23;/h7-10,14,18H,2-6,11-13,15H2,1H3;1H/t18-;/m1./s1. The highest BCUT2D eigenvalue weighted by atomic mass is 35.5. The van der Waals surface area contributed by atoms with Gasteiger partial charge in [-0.2, -0.15) is 0 Å². The van der Waals surface area contributed by atoms with Crippen molar-refractivity contribution in [2.75, 3.05) is 31.1 Å². The van der Waals surface area contributed by atoms with Crippen molar-refractivity contribution in [2.45, 2.75) is 45.1 Å². The van der Waals surface area contributed by atoms with Crippen LogP contribution < -0.4 is 4.90 Å². The van der Waals surface area contributed by atoms with Crippen LogP contribution in [0.5, 0.6) is 0 Å². The SMILES string of the molecule is CCCc1ccc2nc(N3CCN4CCCC[C@@H]4C3)ccc2c1.Cl. The van der Waals surface area contributed by atoms with Crippen LogP contribution in [0.1, 0.15) is 38.2 Å². The van der Waals surface area contributed by atoms with E-state index in [9.17, 15) is 0 Å². The number of rotatable bonds is 3. The third kappa shape index (κ3) is 3.52. The highest BCUT2D eigenvalue weighted by Crippen LogP contribution is 2.25. The summed E-state index contributed by atoms with van der Waals surface area (Å²) in [6, 6.07) is 11.9. The van der Waals surface area contributed by atoms with Crippen molar-refractivity contribution < 1.29 is 0 Å². The van der Waals surface area contributed by atoms with E-state index in [2.05, 4.69) is 47.1 Å². The van der Waals surface area contributed by atoms with Crippen molar-refractivity contribution in [3.63, 3.8) is 0 Å². The van der Waals surface area contributed by atoms with Gasteiger partial charge in [0.25, 0.3) is 0 Å². The highest BCUT2D eigenvalue weighted by Gasteiger charge is 2.29. The van der Waals surface area contributed by atoms with E-state index in [1.165, 1.54) is 49.7 Å². The minimum absolute atomic E-state index is 0. The molecule has 0 N–H and O–H groups in total. The lowest BCUT2D eigenvalue weighted by Gasteiger charge is -2.44. The second kappa shape index (κ2) is 7.71. The Kier molecular flexibility index (Phi) is 5.62. The Morgan fingerprint density at radius 2 is 2.00 bits per heavy atom. The van der Waals surface area contributed by atoms with E-state index >= 15 is 0 Å². The first-order valence-corrected chi connectivity index (χ1v) is 9.22. The monoisotopic (exact) mass is 345 g/mol. The van der Waals surface area contributed by atoms with E-state index < -0.39 is 0 Å². The molecule has 0 saturated carbocycles. The molecule has 1 aromatic heterocycles. The zero-order valence-corrected chi connectivity index (χ0v) is 15.4. The fourth-order valence-corrected chi connectivity index (χ4v) is 4.15. The number of halogens is 1. The van der Waals surface area contributed by atoms with Gasteiger partial charge in [-0.1, -0.05) is 25.8 Å². The first-order chi connectivity index (χ1) is 11.3. The number of aromatic nitrogens is 1. The minimum Gasteiger partial charge on any atom is -0.354 e. The van der Waals surface area contributed by atoms with Gasteiger partial charge >= 0.3 is 0 Å². The summed E-state index contributed by atoms with van der Waals surface area (Å²) >= 11 is 0. The van der Waals surface area contributed by atoms with Crippen LogP contribution in [0.4, 0.5) is 5.82 Å². The normalized spacial score (nSPS) is 21.4. The van der Waals surface area contributed by atoms with Gasteiger partial charge in [0, 0.05) is 31.1 Å². The maximum Gasteiger partial charge on any atom is 0.129 e. The molecular weight excluding hydrogens is 318 g/mol. The number of hydrogen-bond donors (Lipinski definition) is 0. The minimum atomic E-state index is 0. The van der Waals surface area contributed by atoms with Crippen molar-refractivity contribution in [1.29, 1.82) is 0 Å². The fourth-order valence-electron chi connectivity index (χ4n) is 4.15. The molecular formula is C20H28ClN3. The first kappa shape index (κ1) is 17.5. The third-order valence-corrected chi connectivity index (χ3v) is 5.44. The zero-order valence-electron chi connectivity index (χ0n) is 14.6. The zero-order chi connectivity index (χ0) is 15.6. The Labute approximate surface area is 151 Å². The molecule has 2 saturated heterocycles. The van der Waals surface area contributed by atoms with Crippen LogP contribution in [0.25, 0.3) is 10.9 Å². The second-order valence-corrected chi connectivity index (χ2v) is 7.08. The Balaban J connectivity index is 0.00000169. The van der Waals surface area contributed by atoms with Crippen LogP contribution in [0, 0.1) is 0 Å². The van der Waals surface area contributed by atoms with Crippen LogP contribution in [-0.2, 0) is 6.42 Å². The predicted molar refractivity (Wildman–Crippen MR) is 104 cm³/mol. The number of anilines is 1. The number of hydrogen-bond acceptors (Lipinski definition) is 3. The Morgan fingerprint density at radius 1 is 1.08 bits per heavy atom. The second-order valence-electron chi connectivity index (χ2n) is 7.08. The van der Waals surface area contributed by atoms with Crippen molar-refractivity contribution in [2.24, 2.45) is 0 Å². The molecule has 4 heteroatoms. The van der Waals surface area contributed by atoms with Crippen LogP contribution in [0.3, 0.4) is 0 Å². The summed E-state index contributed by atoms with van der Waals surface area (Å²) < 4.78 is 0. The fraction of sp³-hybridized carbons (Fsp3) is 0.550. The third-order valence-electron chi connectivity index (χ3n) is 5.44. The molecule has 2 aliphatic heterocycles. The summed E-state index contributed by atoms with van der Waals surface area (Å²) in [5.74, 6) is 1.16. The lowest BCUT2D eigenvalue weighted by Crippen LogP contribution is -2.55. The van der Waals surface area contributed by atoms with Gasteiger partial charge < -0.3 is 4.90 Å². The molecule has 1 atom stereocenters. The molecule has 0 bridgehead atoms. The number of pyridine rings is 1. The van der Waals surface area contributed by atoms with Crippen LogP contribution >= 0.6 is 12.4 Å². The average molecular weight is 346 g/mol. The predicted octanol–water partition coefficient (Wildman–Crippen LogP) is 4.28. The molecule has 2 fully saturated rings. The molecule has 3 nitrogen and oxygen atoms in total. The van der Waals surface area contributed by atoms with E-state index in [0.717, 1.165) is 36.9 Å². The van der Waals surface area contributed by atoms with Crippen LogP contribution in [-0.4, -0.2) is 42.1 Å². The van der Waals surface area contributed by atoms with Crippen LogP contribution in [0.15, 0.2) is 30.3 Å². The number of nitrogens with zero attached hydrogens (tertiary/aromatic N) is 3. The molecule has 3 heterocycles. The molecule has 0 radical (unpaired) electrons. The molecule has 1 aromatic carbocycles. The summed E-state index contributed by atoms with van der Waals surface area (Å²) in [6.07, 6.45) is 6.47. The highest BCUT2D eigenvalue weighted by molar-refractivity contribution is 5.85. The van der Waals surface area contributed by atoms with E-state index in [4.69, 9.17) is 4.98 Å². The number of piperidine rings is 1. The largest absolute Gasteiger partial charge is 0.354 e. The van der Waals surface area contributed by atoms with E-state index in [0.29, 0.717) is 0 Å². The molecule has 0 amide bonds. The molecule has 0 spiro atoms. The van der Waals surface area contributed by atoms with E-state index in [-0.39, 0.29) is 12.4 Å². The number of aryl methyl sites for hydroxylation is 1. The average Bonchev–Trinajstić information content (AvgIpc) is 2.61. The van der Waals surface area contributed by atoms with Crippen molar-refractivity contribution in [3.8, 4) is 0 Å². The number of fused-ring (bicyclic) bond motifs is 2. The molecule has 0 aliphatic carbocycles. The lowest BCUT2D eigenvalue weighted by atomic mass is 9.99. The van der Waals surface area contributed by atoms with Gasteiger partial charge in [0.2, 0.25) is 0 Å². The Morgan fingerprint density at radius 3 is 2.88 bits per heavy atom. The van der Waals surface area contributed by atoms with Gasteiger partial charge in [0.15, 0.2) is 0 Å². The van der Waals surface area contributed by atoms with Gasteiger partial charge in [-0.3, -0.25) is 4.90 Å². The Bertz CT molecular complexity index is 688. The summed E-state index contributed by atoms with van der Waals surface area (Å²) in [4.78, 5) is 10.1. The van der Waals surface area contributed by atoms with Crippen molar-refractivity contribution in [1.82, 2.24) is 9.88 Å². The van der Waals surface area contributed by atoms with Crippen molar-refractivity contribution >= 4 is 29.1 Å². The Hall–Kier alpha value is -1.32. The molecule has 2 aromatic rings. The van der Waals surface area contributed by atoms with Crippen LogP contribution in [0.2, 0.25) is 0 Å². The van der Waals surface area contributed by atoms with Gasteiger partial charge in [0.05, 0.1) is 5.52 Å². The number of piperazine rings is 1. The summed E-state index contributed by atoms with van der Waals surface area (Å²) in [6.45, 7) is 6.98. The first-order valence-electron chi connectivity index (χ1n) is 9.22. The lowest BCUT2D eigenvalue weighted by molar-refractivity contribution is 0.133. The number of benzene rings is 1. The van der Waals surface area contributed by atoms with E-state index in [1.54, 1.807) is 0 Å². The summed E-state index contributed by atoms with van der Waals surface area (Å²) in [7, 11) is 0. The van der Waals surface area contributed by atoms with Gasteiger partial charge in [-0.15, -0.1) is 12.4 Å². The van der Waals surface area contributed by atoms with E-state index in [1.807, 2.05) is 0 Å². The molecule has 24 heavy (non-hydrogen) atoms. The maximum atomic E-state index is 4.95. The smallest absolute Gasteiger partial charge is 0.129 e. The van der Waals surface area contributed by atoms with Gasteiger partial charge in [0.1, 0.15) is 5.82 Å². The molecule has 2 aliphatic rings. The summed E-state index contributed by atoms with van der Waals surface area (Å²) in [5, 5.41) is 1.27. The maximum absolute atomic E-state index is 4.95. The molecule has 4 rings (SSSR count). The topological polar surface area (TPSA) is 19.4 Å².